The van der Waals surface area contributed by atoms with Gasteiger partial charge in [-0.15, -0.1) is 0 Å². The molecule has 0 aromatic heterocycles. The first-order valence-corrected chi connectivity index (χ1v) is 1.95. The van der Waals surface area contributed by atoms with E-state index in [2.05, 4.69) is 11.0 Å². The number of rotatable bonds is 1. The molecule has 0 saturated carbocycles. The maximum atomic E-state index is 9.48. The Labute approximate surface area is 42.5 Å². The summed E-state index contributed by atoms with van der Waals surface area (Å²) in [7, 11) is 1.72. The lowest BCUT2D eigenvalue weighted by Crippen LogP contribution is -1.99. The highest BCUT2D eigenvalue weighted by Gasteiger charge is 1.70. The van der Waals surface area contributed by atoms with Crippen molar-refractivity contribution < 1.29 is 4.79 Å². The van der Waals surface area contributed by atoms with Crippen LogP contribution in [-0.2, 0) is 4.79 Å². The maximum Gasteiger partial charge on any atom is 0.178 e. The fourth-order valence-electron chi connectivity index (χ4n) is 0.139. The Hall–Kier alpha value is -0.970. The summed E-state index contributed by atoms with van der Waals surface area (Å²) >= 11 is 0. The SMILES string of the molecule is CNC(C)=C=C=O. The predicted molar refractivity (Wildman–Crippen MR) is 27.5 cm³/mol. The van der Waals surface area contributed by atoms with Crippen LogP contribution in [0.15, 0.2) is 11.4 Å². The normalized spacial score (nSPS) is 6.00. The first-order valence-electron chi connectivity index (χ1n) is 1.95. The van der Waals surface area contributed by atoms with E-state index in [1.807, 2.05) is 0 Å². The van der Waals surface area contributed by atoms with Crippen molar-refractivity contribution >= 4 is 5.94 Å². The summed E-state index contributed by atoms with van der Waals surface area (Å²) in [5.74, 6) is 1.52. The van der Waals surface area contributed by atoms with Gasteiger partial charge in [0.1, 0.15) is 0 Å². The van der Waals surface area contributed by atoms with E-state index in [0.29, 0.717) is 5.70 Å². The van der Waals surface area contributed by atoms with Crippen molar-refractivity contribution in [1.82, 2.24) is 5.32 Å². The van der Waals surface area contributed by atoms with Gasteiger partial charge in [0.15, 0.2) is 5.94 Å². The van der Waals surface area contributed by atoms with Crippen LogP contribution in [0, 0.1) is 0 Å². The molecule has 0 bridgehead atoms. The van der Waals surface area contributed by atoms with E-state index < -0.39 is 0 Å². The van der Waals surface area contributed by atoms with Crippen LogP contribution in [0.25, 0.3) is 0 Å². The number of hydrogen-bond acceptors (Lipinski definition) is 2. The van der Waals surface area contributed by atoms with Gasteiger partial charge in [-0.2, -0.15) is 0 Å². The van der Waals surface area contributed by atoms with Crippen LogP contribution < -0.4 is 5.32 Å². The second-order valence-corrected chi connectivity index (χ2v) is 1.10. The highest BCUT2D eigenvalue weighted by atomic mass is 16.1. The molecule has 0 spiro atoms. The van der Waals surface area contributed by atoms with E-state index in [-0.39, 0.29) is 0 Å². The highest BCUT2D eigenvalue weighted by molar-refractivity contribution is 5.44. The fourth-order valence-corrected chi connectivity index (χ4v) is 0.139. The van der Waals surface area contributed by atoms with Gasteiger partial charge in [0.2, 0.25) is 0 Å². The van der Waals surface area contributed by atoms with Crippen LogP contribution in [0.1, 0.15) is 6.92 Å². The summed E-state index contributed by atoms with van der Waals surface area (Å²) in [6.07, 6.45) is 0. The van der Waals surface area contributed by atoms with Gasteiger partial charge < -0.3 is 5.32 Å². The molecular formula is C5H7NO. The van der Waals surface area contributed by atoms with Crippen LogP contribution in [-0.4, -0.2) is 13.0 Å². The molecule has 0 saturated heterocycles. The topological polar surface area (TPSA) is 29.1 Å². The molecule has 0 unspecified atom stereocenters. The van der Waals surface area contributed by atoms with Crippen LogP contribution in [0.4, 0.5) is 0 Å². The average Bonchev–Trinajstić information content (AvgIpc) is 1.68. The molecule has 0 aliphatic carbocycles. The molecule has 0 rings (SSSR count). The second-order valence-electron chi connectivity index (χ2n) is 1.10. The zero-order valence-electron chi connectivity index (χ0n) is 4.41. The summed E-state index contributed by atoms with van der Waals surface area (Å²) in [6.45, 7) is 1.74. The van der Waals surface area contributed by atoms with Crippen molar-refractivity contribution in [2.75, 3.05) is 7.05 Å². The van der Waals surface area contributed by atoms with Crippen molar-refractivity contribution in [1.29, 1.82) is 0 Å². The molecule has 0 aliphatic rings. The van der Waals surface area contributed by atoms with Crippen molar-refractivity contribution in [2.45, 2.75) is 6.92 Å². The molecule has 0 heterocycles. The summed E-state index contributed by atoms with van der Waals surface area (Å²) in [5, 5.41) is 2.71. The molecule has 0 amide bonds. The lowest BCUT2D eigenvalue weighted by Gasteiger charge is -1.86. The molecule has 0 atom stereocenters. The molecule has 2 heteroatoms. The number of carbonyl (C=O) groups excluding carboxylic acids is 1. The fraction of sp³-hybridized carbons (Fsp3) is 0.400. The Bertz CT molecular complexity index is 127. The average molecular weight is 97.1 g/mol. The van der Waals surface area contributed by atoms with Gasteiger partial charge >= 0.3 is 0 Å². The van der Waals surface area contributed by atoms with Crippen molar-refractivity contribution in [3.05, 3.63) is 11.4 Å². The van der Waals surface area contributed by atoms with Crippen LogP contribution in [0.5, 0.6) is 0 Å². The molecule has 7 heavy (non-hydrogen) atoms. The largest absolute Gasteiger partial charge is 0.385 e. The molecule has 0 fully saturated rings. The number of hydrogen-bond donors (Lipinski definition) is 1. The molecular weight excluding hydrogens is 90.1 g/mol. The molecule has 0 aromatic carbocycles. The Balaban J connectivity index is 4.01. The third-order valence-electron chi connectivity index (χ3n) is 0.614. The molecule has 0 aliphatic heterocycles. The zero-order chi connectivity index (χ0) is 5.70. The predicted octanol–water partition coefficient (Wildman–Crippen LogP) is 0.0963. The first-order chi connectivity index (χ1) is 3.31. The highest BCUT2D eigenvalue weighted by Crippen LogP contribution is 1.72. The smallest absolute Gasteiger partial charge is 0.178 e. The first kappa shape index (κ1) is 6.03. The number of nitrogens with one attached hydrogen (secondary N) is 1. The van der Waals surface area contributed by atoms with Gasteiger partial charge in [-0.3, -0.25) is 0 Å². The quantitative estimate of drug-likeness (QED) is 0.371. The Morgan fingerprint density at radius 1 is 1.71 bits per heavy atom. The van der Waals surface area contributed by atoms with Gasteiger partial charge in [0, 0.05) is 7.05 Å². The van der Waals surface area contributed by atoms with Gasteiger partial charge in [-0.1, -0.05) is 0 Å². The van der Waals surface area contributed by atoms with Gasteiger partial charge in [-0.05, 0) is 12.7 Å². The lowest BCUT2D eigenvalue weighted by atomic mass is 10.5. The third-order valence-corrected chi connectivity index (χ3v) is 0.614. The van der Waals surface area contributed by atoms with E-state index in [9.17, 15) is 4.79 Å². The maximum absolute atomic E-state index is 9.48. The Morgan fingerprint density at radius 3 is 2.43 bits per heavy atom. The minimum atomic E-state index is 0.704. The van der Waals surface area contributed by atoms with E-state index in [1.54, 1.807) is 14.0 Å². The molecule has 1 N–H and O–H groups in total. The third kappa shape index (κ3) is 2.84. The van der Waals surface area contributed by atoms with E-state index in [1.165, 1.54) is 5.94 Å². The van der Waals surface area contributed by atoms with Crippen LogP contribution >= 0.6 is 0 Å². The standard InChI is InChI=1S/C5H7NO/c1-5(6-2)3-4-7/h6H,1-2H3. The summed E-state index contributed by atoms with van der Waals surface area (Å²) in [6, 6.07) is 0. The molecule has 0 aromatic rings. The van der Waals surface area contributed by atoms with Crippen molar-refractivity contribution in [3.8, 4) is 0 Å². The van der Waals surface area contributed by atoms with E-state index in [4.69, 9.17) is 0 Å². The van der Waals surface area contributed by atoms with Gasteiger partial charge in [0.05, 0.1) is 5.70 Å². The molecule has 0 radical (unpaired) electrons. The minimum Gasteiger partial charge on any atom is -0.385 e. The summed E-state index contributed by atoms with van der Waals surface area (Å²) in [4.78, 5) is 9.48. The van der Waals surface area contributed by atoms with E-state index in [0.717, 1.165) is 0 Å². The monoisotopic (exact) mass is 97.1 g/mol. The zero-order valence-corrected chi connectivity index (χ0v) is 4.41. The lowest BCUT2D eigenvalue weighted by molar-refractivity contribution is 0.569. The van der Waals surface area contributed by atoms with Crippen molar-refractivity contribution in [3.63, 3.8) is 0 Å². The van der Waals surface area contributed by atoms with Crippen LogP contribution in [0.3, 0.4) is 0 Å². The molecule has 38 valence electrons. The van der Waals surface area contributed by atoms with E-state index >= 15 is 0 Å². The van der Waals surface area contributed by atoms with Crippen molar-refractivity contribution in [2.24, 2.45) is 0 Å². The minimum absolute atomic E-state index is 0.704. The number of allylic oxidation sites excluding steroid dienone is 1. The van der Waals surface area contributed by atoms with Gasteiger partial charge in [0.25, 0.3) is 0 Å². The second kappa shape index (κ2) is 3.23. The van der Waals surface area contributed by atoms with Gasteiger partial charge in [-0.25, -0.2) is 4.79 Å². The summed E-state index contributed by atoms with van der Waals surface area (Å²) in [5.41, 5.74) is 3.00. The molecule has 2 nitrogen and oxygen atoms in total. The summed E-state index contributed by atoms with van der Waals surface area (Å²) < 4.78 is 0. The van der Waals surface area contributed by atoms with Crippen LogP contribution in [0.2, 0.25) is 0 Å². The Morgan fingerprint density at radius 2 is 2.29 bits per heavy atom. The Kier molecular flexibility index (Phi) is 2.78.